The van der Waals surface area contributed by atoms with E-state index in [0.717, 1.165) is 0 Å². The summed E-state index contributed by atoms with van der Waals surface area (Å²) in [5, 5.41) is 24.8. The number of amides is 1. The van der Waals surface area contributed by atoms with E-state index in [0.29, 0.717) is 16.7 Å². The quantitative estimate of drug-likeness (QED) is 0.478. The number of aromatic carboxylic acids is 1. The summed E-state index contributed by atoms with van der Waals surface area (Å²) < 4.78 is 5.69. The van der Waals surface area contributed by atoms with Crippen LogP contribution in [0.2, 0.25) is 0 Å². The monoisotopic (exact) mass is 372 g/mol. The fourth-order valence-electron chi connectivity index (χ4n) is 2.42. The van der Waals surface area contributed by atoms with Crippen LogP contribution in [0, 0.1) is 0 Å². The van der Waals surface area contributed by atoms with E-state index < -0.39 is 11.9 Å². The van der Waals surface area contributed by atoms with Crippen molar-refractivity contribution in [1.29, 1.82) is 0 Å². The average Bonchev–Trinajstić information content (AvgIpc) is 2.69. The zero-order valence-electron chi connectivity index (χ0n) is 14.9. The normalized spacial score (nSPS) is 11.0. The lowest BCUT2D eigenvalue weighted by atomic mass is 10.0. The Labute approximate surface area is 156 Å². The molecule has 1 amide bonds. The number of carbonyl (C=O) groups is 2. The van der Waals surface area contributed by atoms with E-state index in [9.17, 15) is 19.8 Å². The van der Waals surface area contributed by atoms with Crippen molar-refractivity contribution in [1.82, 2.24) is 5.32 Å². The van der Waals surface area contributed by atoms with Crippen molar-refractivity contribution in [2.24, 2.45) is 5.16 Å². The summed E-state index contributed by atoms with van der Waals surface area (Å²) in [7, 11) is 2.81. The zero-order chi connectivity index (χ0) is 19.8. The molecule has 3 N–H and O–H groups in total. The maximum atomic E-state index is 12.1. The van der Waals surface area contributed by atoms with Gasteiger partial charge in [0.05, 0.1) is 6.61 Å². The highest BCUT2D eigenvalue weighted by Crippen LogP contribution is 2.23. The van der Waals surface area contributed by atoms with Crippen LogP contribution in [0.4, 0.5) is 0 Å². The molecule has 0 fully saturated rings. The molecule has 142 valence electrons. The zero-order valence-corrected chi connectivity index (χ0v) is 14.9. The van der Waals surface area contributed by atoms with Gasteiger partial charge in [-0.2, -0.15) is 0 Å². The Hall–Kier alpha value is -3.39. The van der Waals surface area contributed by atoms with Crippen LogP contribution in [-0.4, -0.2) is 42.0 Å². The standard InChI is InChI=1S/C19H20N2O6/c1-20-18(23)17(21-26-2)14-6-4-3-5-13(14)11-27-16-9-12(10-22)7-8-15(16)19(24)25/h3-9,22H,10-11H2,1-2H3,(H,20,23)(H,24,25)/b21-17+. The first-order valence-electron chi connectivity index (χ1n) is 8.03. The smallest absolute Gasteiger partial charge is 0.339 e. The number of ether oxygens (including phenoxy) is 1. The van der Waals surface area contributed by atoms with Crippen molar-refractivity contribution < 1.29 is 29.4 Å². The van der Waals surface area contributed by atoms with E-state index in [2.05, 4.69) is 10.5 Å². The molecule has 0 saturated heterocycles. The van der Waals surface area contributed by atoms with Crippen molar-refractivity contribution in [2.45, 2.75) is 13.2 Å². The number of aliphatic hydroxyl groups is 1. The van der Waals surface area contributed by atoms with E-state index in [1.54, 1.807) is 24.3 Å². The number of carboxylic acid groups (broad SMARTS) is 1. The second-order valence-corrected chi connectivity index (χ2v) is 5.44. The van der Waals surface area contributed by atoms with Gasteiger partial charge in [0.15, 0.2) is 5.71 Å². The number of hydrogen-bond acceptors (Lipinski definition) is 6. The molecule has 0 aliphatic rings. The Bertz CT molecular complexity index is 863. The molecule has 0 spiro atoms. The first kappa shape index (κ1) is 19.9. The highest BCUT2D eigenvalue weighted by Gasteiger charge is 2.18. The minimum Gasteiger partial charge on any atom is -0.488 e. The number of benzene rings is 2. The molecule has 0 aliphatic carbocycles. The first-order valence-corrected chi connectivity index (χ1v) is 8.03. The van der Waals surface area contributed by atoms with Crippen LogP contribution in [0.15, 0.2) is 47.6 Å². The molecule has 2 aromatic carbocycles. The molecule has 0 aliphatic heterocycles. The van der Waals surface area contributed by atoms with Crippen molar-refractivity contribution >= 4 is 17.6 Å². The van der Waals surface area contributed by atoms with Gasteiger partial charge in [-0.05, 0) is 23.3 Å². The van der Waals surface area contributed by atoms with Crippen LogP contribution in [0.5, 0.6) is 5.75 Å². The summed E-state index contributed by atoms with van der Waals surface area (Å²) in [5.41, 5.74) is 1.68. The highest BCUT2D eigenvalue weighted by molar-refractivity contribution is 6.45. The molecule has 0 bridgehead atoms. The lowest BCUT2D eigenvalue weighted by Crippen LogP contribution is -2.29. The largest absolute Gasteiger partial charge is 0.488 e. The van der Waals surface area contributed by atoms with Crippen molar-refractivity contribution in [3.05, 3.63) is 64.7 Å². The van der Waals surface area contributed by atoms with Crippen LogP contribution in [0.3, 0.4) is 0 Å². The number of oxime groups is 1. The predicted octanol–water partition coefficient (Wildman–Crippen LogP) is 1.55. The number of hydrogen-bond donors (Lipinski definition) is 3. The van der Waals surface area contributed by atoms with E-state index in [1.165, 1.54) is 32.4 Å². The Morgan fingerprint density at radius 2 is 1.89 bits per heavy atom. The molecule has 2 aromatic rings. The van der Waals surface area contributed by atoms with Crippen LogP contribution < -0.4 is 10.1 Å². The van der Waals surface area contributed by atoms with Gasteiger partial charge in [-0.3, -0.25) is 4.79 Å². The Balaban J connectivity index is 2.36. The fraction of sp³-hybridized carbons (Fsp3) is 0.211. The van der Waals surface area contributed by atoms with Gasteiger partial charge in [0.2, 0.25) is 0 Å². The van der Waals surface area contributed by atoms with E-state index in [4.69, 9.17) is 9.57 Å². The topological polar surface area (TPSA) is 117 Å². The number of rotatable bonds is 8. The summed E-state index contributed by atoms with van der Waals surface area (Å²) in [6, 6.07) is 11.3. The Kier molecular flexibility index (Phi) is 6.90. The molecule has 8 nitrogen and oxygen atoms in total. The molecule has 0 atom stereocenters. The lowest BCUT2D eigenvalue weighted by molar-refractivity contribution is -0.114. The first-order chi connectivity index (χ1) is 13.0. The van der Waals surface area contributed by atoms with Crippen molar-refractivity contribution in [3.63, 3.8) is 0 Å². The Morgan fingerprint density at radius 3 is 2.52 bits per heavy atom. The molecule has 0 unspecified atom stereocenters. The minimum atomic E-state index is -1.14. The van der Waals surface area contributed by atoms with Crippen molar-refractivity contribution in [2.75, 3.05) is 14.2 Å². The maximum absolute atomic E-state index is 12.1. The number of nitrogens with zero attached hydrogens (tertiary/aromatic N) is 1. The van der Waals surface area contributed by atoms with Gasteiger partial charge in [-0.1, -0.05) is 35.5 Å². The van der Waals surface area contributed by atoms with Gasteiger partial charge >= 0.3 is 5.97 Å². The van der Waals surface area contributed by atoms with Crippen LogP contribution in [0.1, 0.15) is 27.0 Å². The molecule has 0 saturated carbocycles. The second-order valence-electron chi connectivity index (χ2n) is 5.44. The SMILES string of the molecule is CNC(=O)/C(=N/OC)c1ccccc1COc1cc(CO)ccc1C(=O)O. The molecular formula is C19H20N2O6. The average molecular weight is 372 g/mol. The van der Waals surface area contributed by atoms with Gasteiger partial charge in [0, 0.05) is 12.6 Å². The Morgan fingerprint density at radius 1 is 1.15 bits per heavy atom. The number of nitrogens with one attached hydrogen (secondary N) is 1. The minimum absolute atomic E-state index is 0.00887. The molecular weight excluding hydrogens is 352 g/mol. The summed E-state index contributed by atoms with van der Waals surface area (Å²) in [6.45, 7) is -0.251. The van der Waals surface area contributed by atoms with Crippen LogP contribution in [-0.2, 0) is 22.8 Å². The summed E-state index contributed by atoms with van der Waals surface area (Å²) in [6.07, 6.45) is 0. The van der Waals surface area contributed by atoms with Crippen LogP contribution >= 0.6 is 0 Å². The van der Waals surface area contributed by atoms with Crippen molar-refractivity contribution in [3.8, 4) is 5.75 Å². The third-order valence-corrected chi connectivity index (χ3v) is 3.74. The molecule has 0 aromatic heterocycles. The van der Waals surface area contributed by atoms with Crippen LogP contribution in [0.25, 0.3) is 0 Å². The highest BCUT2D eigenvalue weighted by atomic mass is 16.6. The molecule has 8 heteroatoms. The predicted molar refractivity (Wildman–Crippen MR) is 97.7 cm³/mol. The summed E-state index contributed by atoms with van der Waals surface area (Å²) in [4.78, 5) is 28.2. The maximum Gasteiger partial charge on any atom is 0.339 e. The third kappa shape index (κ3) is 4.83. The molecule has 0 radical (unpaired) electrons. The van der Waals surface area contributed by atoms with Gasteiger partial charge < -0.3 is 25.1 Å². The van der Waals surface area contributed by atoms with Gasteiger partial charge in [-0.25, -0.2) is 4.79 Å². The van der Waals surface area contributed by atoms with E-state index in [-0.39, 0.29) is 30.2 Å². The fourth-order valence-corrected chi connectivity index (χ4v) is 2.42. The number of carboxylic acids is 1. The summed E-state index contributed by atoms with van der Waals surface area (Å²) in [5.74, 6) is -1.46. The number of aliphatic hydroxyl groups excluding tert-OH is 1. The third-order valence-electron chi connectivity index (χ3n) is 3.74. The molecule has 2 rings (SSSR count). The van der Waals surface area contributed by atoms with E-state index in [1.807, 2.05) is 0 Å². The molecule has 27 heavy (non-hydrogen) atoms. The number of carbonyl (C=O) groups excluding carboxylic acids is 1. The number of likely N-dealkylation sites (N-methyl/N-ethyl adjacent to an activating group) is 1. The summed E-state index contributed by atoms with van der Waals surface area (Å²) >= 11 is 0. The van der Waals surface area contributed by atoms with E-state index >= 15 is 0 Å². The van der Waals surface area contributed by atoms with Gasteiger partial charge in [0.25, 0.3) is 5.91 Å². The lowest BCUT2D eigenvalue weighted by Gasteiger charge is -2.14. The van der Waals surface area contributed by atoms with Gasteiger partial charge in [-0.15, -0.1) is 0 Å². The second kappa shape index (κ2) is 9.35. The molecule has 0 heterocycles. The van der Waals surface area contributed by atoms with Gasteiger partial charge in [0.1, 0.15) is 25.0 Å².